The Hall–Kier alpha value is -1.14. The van der Waals surface area contributed by atoms with Crippen LogP contribution in [-0.4, -0.2) is 75.1 Å². The molecule has 0 saturated carbocycles. The molecule has 0 unspecified atom stereocenters. The Balaban J connectivity index is 1.36. The van der Waals surface area contributed by atoms with Gasteiger partial charge in [0.2, 0.25) is 0 Å². The van der Waals surface area contributed by atoms with Gasteiger partial charge in [0.1, 0.15) is 11.4 Å². The molecule has 5 heteroatoms. The molecular weight excluding hydrogens is 328 g/mol. The van der Waals surface area contributed by atoms with Crippen molar-refractivity contribution < 1.29 is 14.2 Å². The summed E-state index contributed by atoms with van der Waals surface area (Å²) in [5.41, 5.74) is 1.20. The van der Waals surface area contributed by atoms with Gasteiger partial charge < -0.3 is 19.1 Å². The third-order valence-electron chi connectivity index (χ3n) is 5.99. The summed E-state index contributed by atoms with van der Waals surface area (Å²) in [6.07, 6.45) is 3.84. The summed E-state index contributed by atoms with van der Waals surface area (Å²) in [5, 5.41) is 0. The first-order valence-electron chi connectivity index (χ1n) is 10.0. The van der Waals surface area contributed by atoms with Crippen molar-refractivity contribution in [2.75, 3.05) is 59.7 Å². The molecule has 0 aliphatic carbocycles. The summed E-state index contributed by atoms with van der Waals surface area (Å²) in [7, 11) is 1.71. The Morgan fingerprint density at radius 1 is 1.12 bits per heavy atom. The van der Waals surface area contributed by atoms with Crippen LogP contribution >= 0.6 is 0 Å². The van der Waals surface area contributed by atoms with Crippen LogP contribution in [0.5, 0.6) is 5.75 Å². The minimum Gasteiger partial charge on any atom is -0.497 e. The van der Waals surface area contributed by atoms with Crippen molar-refractivity contribution in [3.8, 4) is 5.75 Å². The van der Waals surface area contributed by atoms with E-state index in [1.165, 1.54) is 38.0 Å². The van der Waals surface area contributed by atoms with Crippen LogP contribution in [0.25, 0.3) is 0 Å². The van der Waals surface area contributed by atoms with Gasteiger partial charge in [-0.1, -0.05) is 12.1 Å². The van der Waals surface area contributed by atoms with Gasteiger partial charge in [-0.25, -0.2) is 0 Å². The molecule has 1 aromatic carbocycles. The molecule has 1 aromatic rings. The van der Waals surface area contributed by atoms with Gasteiger partial charge in [0, 0.05) is 26.2 Å². The Kier molecular flexibility index (Phi) is 5.79. The molecule has 0 aromatic heterocycles. The van der Waals surface area contributed by atoms with Gasteiger partial charge in [-0.2, -0.15) is 0 Å². The van der Waals surface area contributed by atoms with E-state index in [0.29, 0.717) is 5.92 Å². The Bertz CT molecular complexity index is 573. The van der Waals surface area contributed by atoms with Crippen molar-refractivity contribution >= 4 is 0 Å². The van der Waals surface area contributed by atoms with Crippen LogP contribution in [0.15, 0.2) is 24.3 Å². The molecule has 144 valence electrons. The van der Waals surface area contributed by atoms with E-state index < -0.39 is 0 Å². The highest BCUT2D eigenvalue weighted by molar-refractivity contribution is 5.27. The molecule has 26 heavy (non-hydrogen) atoms. The second-order valence-electron chi connectivity index (χ2n) is 8.18. The third kappa shape index (κ3) is 4.39. The van der Waals surface area contributed by atoms with Crippen molar-refractivity contribution in [1.29, 1.82) is 0 Å². The van der Waals surface area contributed by atoms with Crippen molar-refractivity contribution in [2.45, 2.75) is 31.4 Å². The largest absolute Gasteiger partial charge is 0.497 e. The first-order valence-corrected chi connectivity index (χ1v) is 10.0. The minimum absolute atomic E-state index is 0.118. The lowest BCUT2D eigenvalue weighted by atomic mass is 9.93. The second-order valence-corrected chi connectivity index (χ2v) is 8.18. The molecule has 3 fully saturated rings. The van der Waals surface area contributed by atoms with Crippen LogP contribution in [0, 0.1) is 5.92 Å². The highest BCUT2D eigenvalue weighted by Gasteiger charge is 2.43. The summed E-state index contributed by atoms with van der Waals surface area (Å²) >= 11 is 0. The highest BCUT2D eigenvalue weighted by atomic mass is 16.5. The molecule has 5 nitrogen and oxygen atoms in total. The highest BCUT2D eigenvalue weighted by Crippen LogP contribution is 2.34. The predicted molar refractivity (Wildman–Crippen MR) is 102 cm³/mol. The van der Waals surface area contributed by atoms with E-state index in [1.807, 2.05) is 12.1 Å². The zero-order chi connectivity index (χ0) is 17.8. The number of hydrogen-bond acceptors (Lipinski definition) is 5. The number of nitrogens with zero attached hydrogens (tertiary/aromatic N) is 2. The van der Waals surface area contributed by atoms with Crippen molar-refractivity contribution in [2.24, 2.45) is 5.92 Å². The average molecular weight is 360 g/mol. The molecule has 1 spiro atoms. The molecule has 0 amide bonds. The molecule has 2 atom stereocenters. The van der Waals surface area contributed by atoms with E-state index in [1.54, 1.807) is 7.11 Å². The molecule has 3 saturated heterocycles. The topological polar surface area (TPSA) is 34.2 Å². The van der Waals surface area contributed by atoms with Gasteiger partial charge >= 0.3 is 0 Å². The maximum absolute atomic E-state index is 6.38. The number of likely N-dealkylation sites (tertiary alicyclic amines) is 1. The zero-order valence-corrected chi connectivity index (χ0v) is 16.0. The van der Waals surface area contributed by atoms with E-state index in [4.69, 9.17) is 14.2 Å². The van der Waals surface area contributed by atoms with Gasteiger partial charge in [0.05, 0.1) is 26.9 Å². The zero-order valence-electron chi connectivity index (χ0n) is 16.0. The fourth-order valence-electron chi connectivity index (χ4n) is 4.71. The van der Waals surface area contributed by atoms with Crippen molar-refractivity contribution in [3.05, 3.63) is 29.8 Å². The van der Waals surface area contributed by atoms with Crippen LogP contribution in [-0.2, 0) is 16.0 Å². The molecule has 3 aliphatic heterocycles. The van der Waals surface area contributed by atoms with Crippen LogP contribution < -0.4 is 4.74 Å². The Labute approximate surface area is 157 Å². The van der Waals surface area contributed by atoms with Crippen LogP contribution in [0.1, 0.15) is 24.8 Å². The molecule has 3 aliphatic rings. The number of benzene rings is 1. The van der Waals surface area contributed by atoms with Crippen molar-refractivity contribution in [3.63, 3.8) is 0 Å². The van der Waals surface area contributed by atoms with Gasteiger partial charge in [-0.05, 0) is 56.0 Å². The van der Waals surface area contributed by atoms with Gasteiger partial charge in [-0.3, -0.25) is 4.90 Å². The standard InChI is InChI=1S/C21H32N2O3/c1-24-20-6-4-18(5-7-20)13-23-10-11-25-17-21(16-23)12-19(15-26-21)14-22-8-2-3-9-22/h4-7,19H,2-3,8-17H2,1H3/t19-,21+/m0/s1. The first-order chi connectivity index (χ1) is 12.7. The third-order valence-corrected chi connectivity index (χ3v) is 5.99. The number of methoxy groups -OCH3 is 1. The van der Waals surface area contributed by atoms with E-state index in [2.05, 4.69) is 21.9 Å². The number of rotatable bonds is 5. The maximum Gasteiger partial charge on any atom is 0.118 e. The van der Waals surface area contributed by atoms with E-state index >= 15 is 0 Å². The van der Waals surface area contributed by atoms with Crippen LogP contribution in [0.4, 0.5) is 0 Å². The summed E-state index contributed by atoms with van der Waals surface area (Å²) in [5.74, 6) is 1.56. The second kappa shape index (κ2) is 8.26. The summed E-state index contributed by atoms with van der Waals surface area (Å²) in [6, 6.07) is 8.39. The van der Waals surface area contributed by atoms with Gasteiger partial charge in [0.25, 0.3) is 0 Å². The predicted octanol–water partition coefficient (Wildman–Crippen LogP) is 2.40. The van der Waals surface area contributed by atoms with E-state index in [9.17, 15) is 0 Å². The average Bonchev–Trinajstić information content (AvgIpc) is 3.25. The van der Waals surface area contributed by atoms with Crippen LogP contribution in [0.3, 0.4) is 0 Å². The fraction of sp³-hybridized carbons (Fsp3) is 0.714. The monoisotopic (exact) mass is 360 g/mol. The lowest BCUT2D eigenvalue weighted by Gasteiger charge is -2.31. The minimum atomic E-state index is -0.118. The Morgan fingerprint density at radius 2 is 1.92 bits per heavy atom. The van der Waals surface area contributed by atoms with Crippen molar-refractivity contribution in [1.82, 2.24) is 9.80 Å². The summed E-state index contributed by atoms with van der Waals surface area (Å²) < 4.78 is 17.6. The molecule has 3 heterocycles. The normalized spacial score (nSPS) is 30.7. The summed E-state index contributed by atoms with van der Waals surface area (Å²) in [4.78, 5) is 5.10. The van der Waals surface area contributed by atoms with Crippen LogP contribution in [0.2, 0.25) is 0 Å². The molecule has 4 rings (SSSR count). The first kappa shape index (κ1) is 18.2. The molecule has 0 radical (unpaired) electrons. The number of hydrogen-bond donors (Lipinski definition) is 0. The number of ether oxygens (including phenoxy) is 3. The molecular formula is C21H32N2O3. The summed E-state index contributed by atoms with van der Waals surface area (Å²) in [6.45, 7) is 9.02. The quantitative estimate of drug-likeness (QED) is 0.805. The SMILES string of the molecule is COc1ccc(CN2CCOC[C@@]3(C[C@@H](CN4CCCC4)CO3)C2)cc1. The van der Waals surface area contributed by atoms with E-state index in [0.717, 1.165) is 51.6 Å². The lowest BCUT2D eigenvalue weighted by molar-refractivity contribution is -0.0563. The lowest BCUT2D eigenvalue weighted by Crippen LogP contribution is -2.44. The van der Waals surface area contributed by atoms with E-state index in [-0.39, 0.29) is 5.60 Å². The molecule has 0 N–H and O–H groups in total. The maximum atomic E-state index is 6.38. The van der Waals surface area contributed by atoms with Gasteiger partial charge in [0.15, 0.2) is 0 Å². The molecule has 0 bridgehead atoms. The van der Waals surface area contributed by atoms with Gasteiger partial charge in [-0.15, -0.1) is 0 Å². The fourth-order valence-corrected chi connectivity index (χ4v) is 4.71. The Morgan fingerprint density at radius 3 is 2.69 bits per heavy atom. The smallest absolute Gasteiger partial charge is 0.118 e.